The van der Waals surface area contributed by atoms with Crippen molar-refractivity contribution >= 4 is 38.8 Å². The van der Waals surface area contributed by atoms with Gasteiger partial charge < -0.3 is 0 Å². The third-order valence-corrected chi connectivity index (χ3v) is 14.9. The van der Waals surface area contributed by atoms with E-state index in [9.17, 15) is 4.79 Å². The molecule has 1 heteroatoms. The van der Waals surface area contributed by atoms with Crippen LogP contribution in [0.5, 0.6) is 0 Å². The minimum Gasteiger partial charge on any atom is -0.289 e. The molecule has 7 aromatic rings. The molecular formula is C64H60O. The molecule has 65 heavy (non-hydrogen) atoms. The average Bonchev–Trinajstić information content (AvgIpc) is 3.88. The Morgan fingerprint density at radius 3 is 1.49 bits per heavy atom. The lowest BCUT2D eigenvalue weighted by atomic mass is 9.75. The quantitative estimate of drug-likeness (QED) is 0.169. The Kier molecular flexibility index (Phi) is 9.14. The highest BCUT2D eigenvalue weighted by Crippen LogP contribution is 2.66. The minimum atomic E-state index is -0.0395. The molecule has 0 N–H and O–H groups in total. The van der Waals surface area contributed by atoms with Gasteiger partial charge in [0.1, 0.15) is 0 Å². The van der Waals surface area contributed by atoms with Gasteiger partial charge in [-0.3, -0.25) is 4.79 Å². The molecule has 7 aromatic carbocycles. The zero-order valence-electron chi connectivity index (χ0n) is 40.0. The summed E-state index contributed by atoms with van der Waals surface area (Å²) in [5.41, 5.74) is 25.8. The molecule has 0 aliphatic heterocycles. The van der Waals surface area contributed by atoms with Crippen molar-refractivity contribution in [1.82, 2.24) is 0 Å². The molecule has 1 unspecified atom stereocenters. The molecule has 0 fully saturated rings. The first-order chi connectivity index (χ1) is 30.9. The predicted octanol–water partition coefficient (Wildman–Crippen LogP) is 17.0. The number of carbonyl (C=O) groups excluding carboxylic acids is 1. The molecule has 4 aliphatic carbocycles. The second kappa shape index (κ2) is 14.3. The van der Waals surface area contributed by atoms with Gasteiger partial charge in [-0.1, -0.05) is 216 Å². The third-order valence-electron chi connectivity index (χ3n) is 14.9. The molecule has 0 saturated carbocycles. The fourth-order valence-corrected chi connectivity index (χ4v) is 11.4. The number of Topliss-reactive ketones (excluding diaryl/α,β-unsaturated/α-hetero) is 1. The van der Waals surface area contributed by atoms with E-state index in [1.165, 1.54) is 94.2 Å². The summed E-state index contributed by atoms with van der Waals surface area (Å²) >= 11 is 0. The number of fused-ring (bicyclic) bond motifs is 7. The van der Waals surface area contributed by atoms with Crippen LogP contribution in [0.2, 0.25) is 0 Å². The fraction of sp³-hybridized carbons (Fsp3) is 0.266. The monoisotopic (exact) mass is 844 g/mol. The Bertz CT molecular complexity index is 3250. The zero-order chi connectivity index (χ0) is 45.5. The summed E-state index contributed by atoms with van der Waals surface area (Å²) in [5.74, 6) is 0.642. The Labute approximate surface area is 386 Å². The lowest BCUT2D eigenvalue weighted by molar-refractivity contribution is -0.108. The van der Waals surface area contributed by atoms with Crippen LogP contribution in [0.25, 0.3) is 66.4 Å². The maximum atomic E-state index is 15.0. The minimum absolute atomic E-state index is 0.0226. The van der Waals surface area contributed by atoms with E-state index in [1.807, 2.05) is 12.1 Å². The maximum Gasteiger partial charge on any atom is 0.195 e. The number of rotatable bonds is 5. The highest BCUT2D eigenvalue weighted by molar-refractivity contribution is 6.55. The Morgan fingerprint density at radius 2 is 0.938 bits per heavy atom. The van der Waals surface area contributed by atoms with Crippen molar-refractivity contribution in [3.63, 3.8) is 0 Å². The fourth-order valence-electron chi connectivity index (χ4n) is 11.4. The lowest BCUT2D eigenvalue weighted by Gasteiger charge is -2.29. The van der Waals surface area contributed by atoms with Gasteiger partial charge in [0.25, 0.3) is 0 Å². The van der Waals surface area contributed by atoms with Gasteiger partial charge in [0.05, 0.1) is 0 Å². The number of allylic oxidation sites excluding steroid dienone is 6. The van der Waals surface area contributed by atoms with Crippen LogP contribution in [0.1, 0.15) is 150 Å². The van der Waals surface area contributed by atoms with Crippen molar-refractivity contribution in [3.8, 4) is 33.4 Å². The van der Waals surface area contributed by atoms with Crippen LogP contribution < -0.4 is 0 Å². The molecule has 322 valence electrons. The van der Waals surface area contributed by atoms with E-state index in [0.717, 1.165) is 39.8 Å². The number of ketones is 1. The van der Waals surface area contributed by atoms with Crippen molar-refractivity contribution in [2.75, 3.05) is 0 Å². The number of benzene rings is 7. The first kappa shape index (κ1) is 41.4. The highest BCUT2D eigenvalue weighted by atomic mass is 16.1. The Morgan fingerprint density at radius 1 is 0.446 bits per heavy atom. The second-order valence-electron chi connectivity index (χ2n) is 22.5. The summed E-state index contributed by atoms with van der Waals surface area (Å²) in [5, 5.41) is 2.61. The van der Waals surface area contributed by atoms with Crippen molar-refractivity contribution in [3.05, 3.63) is 201 Å². The van der Waals surface area contributed by atoms with Gasteiger partial charge in [-0.25, -0.2) is 0 Å². The van der Waals surface area contributed by atoms with Gasteiger partial charge in [-0.2, -0.15) is 0 Å². The molecule has 11 rings (SSSR count). The first-order valence-electron chi connectivity index (χ1n) is 23.9. The van der Waals surface area contributed by atoms with Gasteiger partial charge in [0.15, 0.2) is 5.78 Å². The molecular weight excluding hydrogens is 785 g/mol. The van der Waals surface area contributed by atoms with Gasteiger partial charge in [0.2, 0.25) is 0 Å². The molecule has 0 spiro atoms. The Hall–Kier alpha value is -6.31. The van der Waals surface area contributed by atoms with Crippen molar-refractivity contribution < 1.29 is 4.79 Å². The summed E-state index contributed by atoms with van der Waals surface area (Å²) in [6.45, 7) is 25.8. The number of hydrogen-bond donors (Lipinski definition) is 0. The molecule has 1 nitrogen and oxygen atoms in total. The SMILES string of the molecule is CC(C)c1cc(-c2c3c(c(-c4cc(C(C)(C)C)cc(C(C)(C)C)c4)c4ccccc24)-c2ccc4c5c2C3CC=C5C2=C(c3ccccc3)C(=O)C(c3ccccc3)=C24)cc(C(C)(C)C)c1. The van der Waals surface area contributed by atoms with Crippen LogP contribution in [0.3, 0.4) is 0 Å². The van der Waals surface area contributed by atoms with Crippen LogP contribution in [0.15, 0.2) is 145 Å². The normalized spacial score (nSPS) is 16.5. The third kappa shape index (κ3) is 6.29. The van der Waals surface area contributed by atoms with E-state index < -0.39 is 0 Å². The molecule has 0 bridgehead atoms. The van der Waals surface area contributed by atoms with Crippen LogP contribution in [0.4, 0.5) is 0 Å². The van der Waals surface area contributed by atoms with Gasteiger partial charge >= 0.3 is 0 Å². The van der Waals surface area contributed by atoms with Crippen LogP contribution in [0, 0.1) is 0 Å². The number of hydrogen-bond acceptors (Lipinski definition) is 1. The molecule has 0 aromatic heterocycles. The second-order valence-corrected chi connectivity index (χ2v) is 22.5. The molecule has 0 saturated heterocycles. The average molecular weight is 845 g/mol. The van der Waals surface area contributed by atoms with Crippen molar-refractivity contribution in [2.24, 2.45) is 0 Å². The van der Waals surface area contributed by atoms with E-state index >= 15 is 0 Å². The zero-order valence-corrected chi connectivity index (χ0v) is 40.0. The first-order valence-corrected chi connectivity index (χ1v) is 23.9. The number of carbonyl (C=O) groups is 1. The molecule has 4 aliphatic rings. The van der Waals surface area contributed by atoms with E-state index in [1.54, 1.807) is 0 Å². The van der Waals surface area contributed by atoms with Gasteiger partial charge in [0, 0.05) is 28.2 Å². The largest absolute Gasteiger partial charge is 0.289 e. The summed E-state index contributed by atoms with van der Waals surface area (Å²) < 4.78 is 0. The summed E-state index contributed by atoms with van der Waals surface area (Å²) in [6.07, 6.45) is 3.36. The van der Waals surface area contributed by atoms with E-state index in [4.69, 9.17) is 0 Å². The summed E-state index contributed by atoms with van der Waals surface area (Å²) in [4.78, 5) is 15.0. The topological polar surface area (TPSA) is 17.1 Å². The maximum absolute atomic E-state index is 15.0. The van der Waals surface area contributed by atoms with E-state index in [0.29, 0.717) is 5.92 Å². The molecule has 0 heterocycles. The molecule has 0 amide bonds. The van der Waals surface area contributed by atoms with Crippen LogP contribution >= 0.6 is 0 Å². The van der Waals surface area contributed by atoms with Gasteiger partial charge in [-0.15, -0.1) is 0 Å². The Balaban J connectivity index is 1.29. The summed E-state index contributed by atoms with van der Waals surface area (Å²) in [6, 6.07) is 49.8. The molecule has 1 atom stereocenters. The van der Waals surface area contributed by atoms with Gasteiger partial charge in [-0.05, 0) is 134 Å². The van der Waals surface area contributed by atoms with Crippen LogP contribution in [-0.4, -0.2) is 5.78 Å². The van der Waals surface area contributed by atoms with Crippen molar-refractivity contribution in [1.29, 1.82) is 0 Å². The summed E-state index contributed by atoms with van der Waals surface area (Å²) in [7, 11) is 0. The van der Waals surface area contributed by atoms with Crippen LogP contribution in [-0.2, 0) is 21.0 Å². The molecule has 0 radical (unpaired) electrons. The van der Waals surface area contributed by atoms with E-state index in [2.05, 4.69) is 204 Å². The smallest absolute Gasteiger partial charge is 0.195 e. The predicted molar refractivity (Wildman–Crippen MR) is 277 cm³/mol. The van der Waals surface area contributed by atoms with E-state index in [-0.39, 0.29) is 27.9 Å². The highest BCUT2D eigenvalue weighted by Gasteiger charge is 2.48. The standard InChI is InChI=1S/C64H60O/c1-36(2)39-30-40(32-42(31-39)62(3,4)5)51-45-24-18-19-25-46(45)52(41-33-43(63(6,7)8)35-44(34-41)64(9,10)11)58-48-27-29-50-56-49(28-26-47(55(48)56)57(51)58)59-53(37-20-14-12-15-21-37)61(65)54(60(50)59)38-22-16-13-17-23-38/h12-25,27-36,47H,26H2,1-11H3. The van der Waals surface area contributed by atoms with Crippen molar-refractivity contribution in [2.45, 2.75) is 111 Å². The lowest BCUT2D eigenvalue weighted by Crippen LogP contribution is -2.16.